The van der Waals surface area contributed by atoms with E-state index in [1.807, 2.05) is 20.8 Å². The fraction of sp³-hybridized carbons (Fsp3) is 0.417. The van der Waals surface area contributed by atoms with Crippen molar-refractivity contribution in [3.05, 3.63) is 59.9 Å². The highest BCUT2D eigenvalue weighted by Crippen LogP contribution is 2.24. The third-order valence-corrected chi connectivity index (χ3v) is 6.09. The second-order valence-electron chi connectivity index (χ2n) is 9.03. The standard InChI is InChI=1S/C24H32FN3O5S/c1-17(23(30)26-24(2,3)4)27(15-18-10-12-19(25)13-11-18)22(29)16-28(34(6,31)32)20-8-7-9-21(14-20)33-5/h7-14,17H,15-16H2,1-6H3,(H,26,30)/t17-/m0/s1. The Morgan fingerprint density at radius 1 is 1.12 bits per heavy atom. The zero-order valence-electron chi connectivity index (χ0n) is 20.3. The Morgan fingerprint density at radius 3 is 2.26 bits per heavy atom. The predicted molar refractivity (Wildman–Crippen MR) is 129 cm³/mol. The second-order valence-corrected chi connectivity index (χ2v) is 10.9. The Kier molecular flexibility index (Phi) is 8.66. The van der Waals surface area contributed by atoms with Crippen LogP contribution < -0.4 is 14.4 Å². The van der Waals surface area contributed by atoms with Crippen molar-refractivity contribution in [2.75, 3.05) is 24.2 Å². The van der Waals surface area contributed by atoms with Gasteiger partial charge in [-0.2, -0.15) is 0 Å². The Morgan fingerprint density at radius 2 is 1.74 bits per heavy atom. The number of hydrogen-bond acceptors (Lipinski definition) is 5. The molecule has 0 aliphatic heterocycles. The van der Waals surface area contributed by atoms with Gasteiger partial charge in [0.05, 0.1) is 19.1 Å². The summed E-state index contributed by atoms with van der Waals surface area (Å²) in [5, 5.41) is 2.84. The quantitative estimate of drug-likeness (QED) is 0.580. The van der Waals surface area contributed by atoms with Crippen molar-refractivity contribution in [3.8, 4) is 5.75 Å². The van der Waals surface area contributed by atoms with Gasteiger partial charge in [0.2, 0.25) is 21.8 Å². The molecule has 2 aromatic carbocycles. The average molecular weight is 494 g/mol. The number of hydrogen-bond donors (Lipinski definition) is 1. The summed E-state index contributed by atoms with van der Waals surface area (Å²) in [6.07, 6.45) is 1.000. The van der Waals surface area contributed by atoms with Crippen LogP contribution in [0.15, 0.2) is 48.5 Å². The minimum atomic E-state index is -3.84. The van der Waals surface area contributed by atoms with Gasteiger partial charge in [-0.25, -0.2) is 12.8 Å². The van der Waals surface area contributed by atoms with E-state index in [1.54, 1.807) is 25.1 Å². The van der Waals surface area contributed by atoms with Crippen LogP contribution in [0.3, 0.4) is 0 Å². The highest BCUT2D eigenvalue weighted by molar-refractivity contribution is 7.92. The first-order valence-corrected chi connectivity index (χ1v) is 12.5. The van der Waals surface area contributed by atoms with Gasteiger partial charge in [-0.15, -0.1) is 0 Å². The second kappa shape index (κ2) is 10.9. The zero-order chi connectivity index (χ0) is 25.7. The number of benzene rings is 2. The lowest BCUT2D eigenvalue weighted by atomic mass is 10.1. The van der Waals surface area contributed by atoms with Gasteiger partial charge < -0.3 is 15.0 Å². The van der Waals surface area contributed by atoms with Gasteiger partial charge in [0.1, 0.15) is 24.2 Å². The van der Waals surface area contributed by atoms with Crippen LogP contribution in [0, 0.1) is 5.82 Å². The number of nitrogens with one attached hydrogen (secondary N) is 1. The summed E-state index contributed by atoms with van der Waals surface area (Å²) >= 11 is 0. The Bertz CT molecular complexity index is 1110. The van der Waals surface area contributed by atoms with Crippen LogP contribution in [0.2, 0.25) is 0 Å². The first-order valence-electron chi connectivity index (χ1n) is 10.7. The van der Waals surface area contributed by atoms with Gasteiger partial charge in [-0.05, 0) is 57.5 Å². The SMILES string of the molecule is COc1cccc(N(CC(=O)N(Cc2ccc(F)cc2)[C@@H](C)C(=O)NC(C)(C)C)S(C)(=O)=O)c1. The van der Waals surface area contributed by atoms with Gasteiger partial charge in [-0.3, -0.25) is 13.9 Å². The molecular formula is C24H32FN3O5S. The number of nitrogens with zero attached hydrogens (tertiary/aromatic N) is 2. The van der Waals surface area contributed by atoms with E-state index in [0.29, 0.717) is 11.3 Å². The molecule has 0 spiro atoms. The first kappa shape index (κ1) is 27.1. The fourth-order valence-corrected chi connectivity index (χ4v) is 4.06. The average Bonchev–Trinajstić information content (AvgIpc) is 2.74. The van der Waals surface area contributed by atoms with Crippen LogP contribution in [-0.2, 0) is 26.2 Å². The molecule has 0 aromatic heterocycles. The maximum Gasteiger partial charge on any atom is 0.244 e. The van der Waals surface area contributed by atoms with Crippen LogP contribution in [0.5, 0.6) is 5.75 Å². The molecule has 10 heteroatoms. The van der Waals surface area contributed by atoms with Crippen LogP contribution in [0.4, 0.5) is 10.1 Å². The lowest BCUT2D eigenvalue weighted by Gasteiger charge is -2.33. The van der Waals surface area contributed by atoms with Crippen molar-refractivity contribution in [2.45, 2.75) is 45.8 Å². The van der Waals surface area contributed by atoms with E-state index < -0.39 is 45.8 Å². The smallest absolute Gasteiger partial charge is 0.244 e. The van der Waals surface area contributed by atoms with E-state index in [2.05, 4.69) is 5.32 Å². The molecular weight excluding hydrogens is 461 g/mol. The molecule has 0 fully saturated rings. The largest absolute Gasteiger partial charge is 0.497 e. The molecule has 0 aliphatic rings. The van der Waals surface area contributed by atoms with E-state index in [1.165, 1.54) is 42.3 Å². The summed E-state index contributed by atoms with van der Waals surface area (Å²) in [7, 11) is -2.39. The summed E-state index contributed by atoms with van der Waals surface area (Å²) in [6.45, 7) is 6.49. The summed E-state index contributed by atoms with van der Waals surface area (Å²) in [5.41, 5.74) is 0.316. The van der Waals surface area contributed by atoms with Crippen molar-refractivity contribution in [1.82, 2.24) is 10.2 Å². The summed E-state index contributed by atoms with van der Waals surface area (Å²) in [4.78, 5) is 27.6. The third kappa shape index (κ3) is 7.72. The van der Waals surface area contributed by atoms with Gasteiger partial charge >= 0.3 is 0 Å². The van der Waals surface area contributed by atoms with Crippen LogP contribution in [0.1, 0.15) is 33.3 Å². The van der Waals surface area contributed by atoms with Crippen LogP contribution in [0.25, 0.3) is 0 Å². The molecule has 2 amide bonds. The highest BCUT2D eigenvalue weighted by Gasteiger charge is 2.31. The molecule has 1 N–H and O–H groups in total. The van der Waals surface area contributed by atoms with E-state index in [-0.39, 0.29) is 12.2 Å². The molecule has 0 heterocycles. The Labute approximate surface area is 200 Å². The van der Waals surface area contributed by atoms with Crippen LogP contribution >= 0.6 is 0 Å². The van der Waals surface area contributed by atoms with E-state index in [9.17, 15) is 22.4 Å². The minimum absolute atomic E-state index is 0.00639. The third-order valence-electron chi connectivity index (χ3n) is 4.95. The molecule has 2 aromatic rings. The molecule has 0 saturated carbocycles. The maximum absolute atomic E-state index is 13.4. The number of ether oxygens (including phenoxy) is 1. The number of halogens is 1. The number of sulfonamides is 1. The summed E-state index contributed by atoms with van der Waals surface area (Å²) in [6, 6.07) is 11.0. The van der Waals surface area contributed by atoms with Gasteiger partial charge in [0, 0.05) is 18.2 Å². The number of carbonyl (C=O) groups excluding carboxylic acids is 2. The molecule has 8 nitrogen and oxygen atoms in total. The van der Waals surface area contributed by atoms with E-state index in [4.69, 9.17) is 4.74 Å². The zero-order valence-corrected chi connectivity index (χ0v) is 21.1. The topological polar surface area (TPSA) is 96.0 Å². The highest BCUT2D eigenvalue weighted by atomic mass is 32.2. The molecule has 186 valence electrons. The van der Waals surface area contributed by atoms with Gasteiger partial charge in [-0.1, -0.05) is 18.2 Å². The molecule has 1 atom stereocenters. The normalized spacial score (nSPS) is 12.6. The van der Waals surface area contributed by atoms with Crippen molar-refractivity contribution in [2.24, 2.45) is 0 Å². The molecule has 0 bridgehead atoms. The number of rotatable bonds is 9. The molecule has 0 saturated heterocycles. The van der Waals surface area contributed by atoms with Crippen LogP contribution in [-0.4, -0.2) is 56.6 Å². The molecule has 0 aliphatic carbocycles. The number of amides is 2. The lowest BCUT2D eigenvalue weighted by molar-refractivity contribution is -0.140. The number of methoxy groups -OCH3 is 1. The van der Waals surface area contributed by atoms with Crippen molar-refractivity contribution >= 4 is 27.5 Å². The van der Waals surface area contributed by atoms with Crippen molar-refractivity contribution in [3.63, 3.8) is 0 Å². The van der Waals surface area contributed by atoms with Gasteiger partial charge in [0.25, 0.3) is 0 Å². The lowest BCUT2D eigenvalue weighted by Crippen LogP contribution is -2.54. The molecule has 34 heavy (non-hydrogen) atoms. The van der Waals surface area contributed by atoms with E-state index in [0.717, 1.165) is 10.6 Å². The van der Waals surface area contributed by atoms with Gasteiger partial charge in [0.15, 0.2) is 0 Å². The Balaban J connectivity index is 2.41. The first-order chi connectivity index (χ1) is 15.7. The van der Waals surface area contributed by atoms with Crippen molar-refractivity contribution < 1.29 is 27.1 Å². The number of anilines is 1. The molecule has 0 radical (unpaired) electrons. The van der Waals surface area contributed by atoms with Crippen molar-refractivity contribution in [1.29, 1.82) is 0 Å². The minimum Gasteiger partial charge on any atom is -0.497 e. The number of carbonyl (C=O) groups is 2. The Hall–Kier alpha value is -3.14. The fourth-order valence-electron chi connectivity index (χ4n) is 3.22. The summed E-state index contributed by atoms with van der Waals surface area (Å²) < 4.78 is 44.7. The monoisotopic (exact) mass is 493 g/mol. The maximum atomic E-state index is 13.4. The summed E-state index contributed by atoms with van der Waals surface area (Å²) in [5.74, 6) is -0.981. The molecule has 2 rings (SSSR count). The molecule has 0 unspecified atom stereocenters. The van der Waals surface area contributed by atoms with E-state index >= 15 is 0 Å². The predicted octanol–water partition coefficient (Wildman–Crippen LogP) is 2.93.